The van der Waals surface area contributed by atoms with E-state index in [2.05, 4.69) is 26.3 Å². The molecule has 0 radical (unpaired) electrons. The Kier molecular flexibility index (Phi) is 3.37. The molecule has 1 N–H and O–H groups in total. The number of para-hydroxylation sites is 1. The first-order valence-corrected chi connectivity index (χ1v) is 7.06. The Morgan fingerprint density at radius 3 is 2.89 bits per heavy atom. The van der Waals surface area contributed by atoms with Gasteiger partial charge in [0.2, 0.25) is 0 Å². The van der Waals surface area contributed by atoms with Gasteiger partial charge in [-0.2, -0.15) is 0 Å². The van der Waals surface area contributed by atoms with Crippen molar-refractivity contribution in [3.05, 3.63) is 47.4 Å². The number of rotatable bonds is 4. The summed E-state index contributed by atoms with van der Waals surface area (Å²) in [5.74, 6) is 0.820. The van der Waals surface area contributed by atoms with Crippen LogP contribution in [0.25, 0.3) is 10.2 Å². The van der Waals surface area contributed by atoms with Crippen molar-refractivity contribution in [2.45, 2.75) is 13.3 Å². The molecule has 0 unspecified atom stereocenters. The first kappa shape index (κ1) is 12.0. The van der Waals surface area contributed by atoms with Gasteiger partial charge >= 0.3 is 0 Å². The highest BCUT2D eigenvalue weighted by Crippen LogP contribution is 2.23. The van der Waals surface area contributed by atoms with Gasteiger partial charge in [0.1, 0.15) is 5.82 Å². The summed E-state index contributed by atoms with van der Waals surface area (Å²) in [4.78, 5) is 13.3. The quantitative estimate of drug-likeness (QED) is 0.791. The molecule has 0 spiro atoms. The van der Waals surface area contributed by atoms with Crippen molar-refractivity contribution in [3.63, 3.8) is 0 Å². The number of aromatic nitrogens is 3. The third-order valence-corrected chi connectivity index (χ3v) is 3.75. The number of hydrogen-bond donors (Lipinski definition) is 1. The second kappa shape index (κ2) is 5.32. The maximum atomic E-state index is 4.61. The molecule has 3 aromatic rings. The number of anilines is 1. The minimum Gasteiger partial charge on any atom is -0.369 e. The Hall–Kier alpha value is -2.01. The van der Waals surface area contributed by atoms with Gasteiger partial charge in [0.05, 0.1) is 27.1 Å². The van der Waals surface area contributed by atoms with E-state index in [1.165, 1.54) is 4.70 Å². The molecule has 0 atom stereocenters. The van der Waals surface area contributed by atoms with Crippen molar-refractivity contribution in [1.29, 1.82) is 0 Å². The fourth-order valence-corrected chi connectivity index (χ4v) is 2.89. The van der Waals surface area contributed by atoms with Gasteiger partial charge in [-0.05, 0) is 19.1 Å². The third kappa shape index (κ3) is 2.71. The Morgan fingerprint density at radius 2 is 2.05 bits per heavy atom. The van der Waals surface area contributed by atoms with E-state index < -0.39 is 0 Å². The minimum atomic E-state index is 0.728. The summed E-state index contributed by atoms with van der Waals surface area (Å²) in [6, 6.07) is 8.18. The van der Waals surface area contributed by atoms with Gasteiger partial charge < -0.3 is 5.32 Å². The fourth-order valence-electron chi connectivity index (χ4n) is 1.91. The summed E-state index contributed by atoms with van der Waals surface area (Å²) in [5.41, 5.74) is 2.00. The highest BCUT2D eigenvalue weighted by atomic mass is 32.1. The van der Waals surface area contributed by atoms with E-state index in [-0.39, 0.29) is 0 Å². The lowest BCUT2D eigenvalue weighted by molar-refractivity contribution is 1.01. The Balaban J connectivity index is 1.85. The third-order valence-electron chi connectivity index (χ3n) is 2.71. The van der Waals surface area contributed by atoms with Crippen LogP contribution in [0.3, 0.4) is 0 Å². The van der Waals surface area contributed by atoms with Crippen LogP contribution in [0.4, 0.5) is 5.82 Å². The Bertz CT molecular complexity index is 659. The van der Waals surface area contributed by atoms with Crippen LogP contribution in [0.15, 0.2) is 36.7 Å². The molecule has 0 bridgehead atoms. The average molecular weight is 270 g/mol. The van der Waals surface area contributed by atoms with Crippen molar-refractivity contribution >= 4 is 27.4 Å². The Labute approximate surface area is 115 Å². The zero-order valence-corrected chi connectivity index (χ0v) is 11.4. The number of fused-ring (bicyclic) bond motifs is 1. The SMILES string of the molecule is CCNc1cncc(Cc2nc3ccccc3s2)n1. The summed E-state index contributed by atoms with van der Waals surface area (Å²) in [6.45, 7) is 2.89. The van der Waals surface area contributed by atoms with Crippen molar-refractivity contribution in [2.75, 3.05) is 11.9 Å². The predicted octanol–water partition coefficient (Wildman–Crippen LogP) is 3.11. The van der Waals surface area contributed by atoms with E-state index in [0.29, 0.717) is 0 Å². The number of thiazole rings is 1. The molecule has 3 rings (SSSR count). The summed E-state index contributed by atoms with van der Waals surface area (Å²) in [6.07, 6.45) is 4.27. The van der Waals surface area contributed by atoms with Crippen LogP contribution in [0.1, 0.15) is 17.6 Å². The molecule has 2 aromatic heterocycles. The molecule has 19 heavy (non-hydrogen) atoms. The average Bonchev–Trinajstić information content (AvgIpc) is 2.81. The van der Waals surface area contributed by atoms with Gasteiger partial charge in [-0.25, -0.2) is 9.97 Å². The molecular formula is C14H14N4S. The van der Waals surface area contributed by atoms with Gasteiger partial charge in [0, 0.05) is 19.2 Å². The van der Waals surface area contributed by atoms with Crippen molar-refractivity contribution < 1.29 is 0 Å². The monoisotopic (exact) mass is 270 g/mol. The number of hydrogen-bond acceptors (Lipinski definition) is 5. The Morgan fingerprint density at radius 1 is 1.16 bits per heavy atom. The van der Waals surface area contributed by atoms with Crippen molar-refractivity contribution in [3.8, 4) is 0 Å². The predicted molar refractivity (Wildman–Crippen MR) is 78.6 cm³/mol. The molecule has 0 saturated heterocycles. The van der Waals surface area contributed by atoms with Gasteiger partial charge in [0.15, 0.2) is 0 Å². The molecule has 0 fully saturated rings. The minimum absolute atomic E-state index is 0.728. The molecule has 0 saturated carbocycles. The zero-order chi connectivity index (χ0) is 13.1. The van der Waals surface area contributed by atoms with Crippen LogP contribution in [-0.4, -0.2) is 21.5 Å². The van der Waals surface area contributed by atoms with Gasteiger partial charge in [0.25, 0.3) is 0 Å². The smallest absolute Gasteiger partial charge is 0.144 e. The number of nitrogens with zero attached hydrogens (tertiary/aromatic N) is 3. The van der Waals surface area contributed by atoms with Crippen LogP contribution < -0.4 is 5.32 Å². The first-order chi connectivity index (χ1) is 9.35. The molecule has 96 valence electrons. The summed E-state index contributed by atoms with van der Waals surface area (Å²) in [7, 11) is 0. The normalized spacial score (nSPS) is 10.8. The van der Waals surface area contributed by atoms with Crippen LogP contribution in [0.5, 0.6) is 0 Å². The molecule has 0 aliphatic rings. The van der Waals surface area contributed by atoms with E-state index in [1.54, 1.807) is 23.7 Å². The molecule has 5 heteroatoms. The first-order valence-electron chi connectivity index (χ1n) is 6.24. The second-order valence-electron chi connectivity index (χ2n) is 4.18. The lowest BCUT2D eigenvalue weighted by Gasteiger charge is -2.03. The van der Waals surface area contributed by atoms with E-state index in [9.17, 15) is 0 Å². The lowest BCUT2D eigenvalue weighted by Crippen LogP contribution is -2.02. The topological polar surface area (TPSA) is 50.7 Å². The van der Waals surface area contributed by atoms with E-state index in [0.717, 1.165) is 35.0 Å². The summed E-state index contributed by atoms with van der Waals surface area (Å²) in [5, 5.41) is 4.24. The van der Waals surface area contributed by atoms with Crippen molar-refractivity contribution in [1.82, 2.24) is 15.0 Å². The van der Waals surface area contributed by atoms with E-state index >= 15 is 0 Å². The molecule has 0 amide bonds. The van der Waals surface area contributed by atoms with Crippen LogP contribution >= 0.6 is 11.3 Å². The summed E-state index contributed by atoms with van der Waals surface area (Å²) < 4.78 is 1.22. The maximum Gasteiger partial charge on any atom is 0.144 e. The second-order valence-corrected chi connectivity index (χ2v) is 5.29. The van der Waals surface area contributed by atoms with Gasteiger partial charge in [-0.3, -0.25) is 4.98 Å². The van der Waals surface area contributed by atoms with E-state index in [4.69, 9.17) is 0 Å². The molecular weight excluding hydrogens is 256 g/mol. The highest BCUT2D eigenvalue weighted by Gasteiger charge is 2.06. The largest absolute Gasteiger partial charge is 0.369 e. The standard InChI is InChI=1S/C14H14N4S/c1-2-16-13-9-15-8-10(17-13)7-14-18-11-5-3-4-6-12(11)19-14/h3-6,8-9H,2,7H2,1H3,(H,16,17). The molecule has 4 nitrogen and oxygen atoms in total. The summed E-state index contributed by atoms with van der Waals surface area (Å²) >= 11 is 1.71. The van der Waals surface area contributed by atoms with E-state index in [1.807, 2.05) is 25.1 Å². The number of benzene rings is 1. The van der Waals surface area contributed by atoms with Gasteiger partial charge in [-0.15, -0.1) is 11.3 Å². The molecule has 0 aliphatic heterocycles. The van der Waals surface area contributed by atoms with Gasteiger partial charge in [-0.1, -0.05) is 12.1 Å². The van der Waals surface area contributed by atoms with Crippen LogP contribution in [0.2, 0.25) is 0 Å². The molecule has 1 aromatic carbocycles. The maximum absolute atomic E-state index is 4.61. The molecule has 0 aliphatic carbocycles. The molecule has 2 heterocycles. The van der Waals surface area contributed by atoms with Crippen molar-refractivity contribution in [2.24, 2.45) is 0 Å². The highest BCUT2D eigenvalue weighted by molar-refractivity contribution is 7.18. The van der Waals surface area contributed by atoms with Crippen LogP contribution in [-0.2, 0) is 6.42 Å². The van der Waals surface area contributed by atoms with Crippen LogP contribution in [0, 0.1) is 0 Å². The lowest BCUT2D eigenvalue weighted by atomic mass is 10.3. The fraction of sp³-hybridized carbons (Fsp3) is 0.214. The number of nitrogens with one attached hydrogen (secondary N) is 1. The zero-order valence-electron chi connectivity index (χ0n) is 10.6.